The van der Waals surface area contributed by atoms with Crippen LogP contribution in [0.3, 0.4) is 0 Å². The molecule has 0 amide bonds. The zero-order valence-electron chi connectivity index (χ0n) is 8.19. The zero-order valence-corrected chi connectivity index (χ0v) is 8.19. The van der Waals surface area contributed by atoms with E-state index in [0.29, 0.717) is 6.07 Å². The average molecular weight is 222 g/mol. The van der Waals surface area contributed by atoms with Crippen molar-refractivity contribution in [3.05, 3.63) is 35.1 Å². The van der Waals surface area contributed by atoms with E-state index in [1.807, 2.05) is 0 Å². The summed E-state index contributed by atoms with van der Waals surface area (Å²) in [7, 11) is 0. The molecular weight excluding hydrogens is 212 g/mol. The summed E-state index contributed by atoms with van der Waals surface area (Å²) in [6.45, 7) is 2.46. The molecule has 1 rings (SSSR count). The Morgan fingerprint density at radius 1 is 1.07 bits per heavy atom. The monoisotopic (exact) mass is 222 g/mol. The van der Waals surface area contributed by atoms with E-state index in [1.54, 1.807) is 0 Å². The highest BCUT2D eigenvalue weighted by molar-refractivity contribution is 5.31. The predicted octanol–water partition coefficient (Wildman–Crippen LogP) is 3.07. The summed E-state index contributed by atoms with van der Waals surface area (Å²) in [5.41, 5.74) is -3.36. The highest BCUT2D eigenvalue weighted by atomic mass is 19.4. The van der Waals surface area contributed by atoms with Gasteiger partial charge in [0.2, 0.25) is 0 Å². The van der Waals surface area contributed by atoms with E-state index < -0.39 is 23.2 Å². The second-order valence-corrected chi connectivity index (χ2v) is 3.72. The van der Waals surface area contributed by atoms with Crippen LogP contribution in [0.4, 0.5) is 17.6 Å². The van der Waals surface area contributed by atoms with Crippen LogP contribution in [-0.2, 0) is 11.8 Å². The number of benzene rings is 1. The van der Waals surface area contributed by atoms with Crippen molar-refractivity contribution in [2.75, 3.05) is 0 Å². The van der Waals surface area contributed by atoms with E-state index >= 15 is 0 Å². The van der Waals surface area contributed by atoms with Gasteiger partial charge in [0.05, 0.1) is 11.2 Å². The largest absolute Gasteiger partial charge is 0.419 e. The number of alkyl halides is 3. The first-order valence-corrected chi connectivity index (χ1v) is 4.22. The number of hydrogen-bond acceptors (Lipinski definition) is 1. The summed E-state index contributed by atoms with van der Waals surface area (Å²) in [6.07, 6.45) is -4.74. The first-order valence-electron chi connectivity index (χ1n) is 4.22. The molecule has 0 heterocycles. The maximum Gasteiger partial charge on any atom is 0.419 e. The van der Waals surface area contributed by atoms with Gasteiger partial charge >= 0.3 is 6.18 Å². The lowest BCUT2D eigenvalue weighted by atomic mass is 9.95. The van der Waals surface area contributed by atoms with Crippen molar-refractivity contribution in [1.82, 2.24) is 0 Å². The van der Waals surface area contributed by atoms with E-state index in [1.165, 1.54) is 13.8 Å². The molecule has 15 heavy (non-hydrogen) atoms. The van der Waals surface area contributed by atoms with Gasteiger partial charge in [-0.05, 0) is 19.9 Å². The Hall–Kier alpha value is -1.10. The van der Waals surface area contributed by atoms with Crippen molar-refractivity contribution in [3.8, 4) is 0 Å². The van der Waals surface area contributed by atoms with Crippen molar-refractivity contribution < 1.29 is 22.7 Å². The minimum atomic E-state index is -4.74. The van der Waals surface area contributed by atoms with Gasteiger partial charge < -0.3 is 5.11 Å². The molecule has 0 aliphatic rings. The topological polar surface area (TPSA) is 20.2 Å². The summed E-state index contributed by atoms with van der Waals surface area (Å²) in [6, 6.07) is 2.84. The number of rotatable bonds is 1. The summed E-state index contributed by atoms with van der Waals surface area (Å²) in [4.78, 5) is 0. The highest BCUT2D eigenvalue weighted by Crippen LogP contribution is 2.34. The van der Waals surface area contributed by atoms with Gasteiger partial charge in [0.1, 0.15) is 5.82 Å². The molecule has 0 unspecified atom stereocenters. The van der Waals surface area contributed by atoms with Gasteiger partial charge in [0.15, 0.2) is 0 Å². The standard InChI is InChI=1S/C10H10F4O/c1-9(2,15)6-4-3-5-7(8(6)11)10(12,13)14/h3-5,15H,1-2H3. The third-order valence-electron chi connectivity index (χ3n) is 1.96. The number of halogens is 4. The predicted molar refractivity (Wildman–Crippen MR) is 46.6 cm³/mol. The first kappa shape index (κ1) is 12.0. The fourth-order valence-electron chi connectivity index (χ4n) is 1.22. The van der Waals surface area contributed by atoms with Crippen molar-refractivity contribution in [2.45, 2.75) is 25.6 Å². The van der Waals surface area contributed by atoms with Gasteiger partial charge in [0.25, 0.3) is 0 Å². The Labute approximate surface area is 84.3 Å². The van der Waals surface area contributed by atoms with Crippen LogP contribution < -0.4 is 0 Å². The Kier molecular flexibility index (Phi) is 2.78. The van der Waals surface area contributed by atoms with Crippen LogP contribution in [0.15, 0.2) is 18.2 Å². The highest BCUT2D eigenvalue weighted by Gasteiger charge is 2.36. The summed E-state index contributed by atoms with van der Waals surface area (Å²) >= 11 is 0. The molecule has 5 heteroatoms. The number of aliphatic hydroxyl groups is 1. The Bertz CT molecular complexity index is 330. The van der Waals surface area contributed by atoms with E-state index in [4.69, 9.17) is 0 Å². The molecule has 1 aromatic carbocycles. The minimum absolute atomic E-state index is 0.364. The van der Waals surface area contributed by atoms with Crippen molar-refractivity contribution in [2.24, 2.45) is 0 Å². The fraction of sp³-hybridized carbons (Fsp3) is 0.400. The molecule has 0 bridgehead atoms. The molecule has 0 radical (unpaired) electrons. The van der Waals surface area contributed by atoms with Crippen molar-refractivity contribution in [3.63, 3.8) is 0 Å². The van der Waals surface area contributed by atoms with Crippen LogP contribution in [0.25, 0.3) is 0 Å². The Balaban J connectivity index is 3.37. The van der Waals surface area contributed by atoms with Crippen molar-refractivity contribution in [1.29, 1.82) is 0 Å². The number of hydrogen-bond donors (Lipinski definition) is 1. The van der Waals surface area contributed by atoms with Crippen LogP contribution in [0.2, 0.25) is 0 Å². The van der Waals surface area contributed by atoms with Gasteiger partial charge in [-0.1, -0.05) is 12.1 Å². The van der Waals surface area contributed by atoms with Crippen LogP contribution in [0.1, 0.15) is 25.0 Å². The minimum Gasteiger partial charge on any atom is -0.386 e. The molecule has 0 spiro atoms. The smallest absolute Gasteiger partial charge is 0.386 e. The Morgan fingerprint density at radius 3 is 1.93 bits per heavy atom. The van der Waals surface area contributed by atoms with Crippen LogP contribution in [-0.4, -0.2) is 5.11 Å². The summed E-state index contributed by atoms with van der Waals surface area (Å²) in [5, 5.41) is 9.45. The van der Waals surface area contributed by atoms with E-state index in [0.717, 1.165) is 12.1 Å². The second kappa shape index (κ2) is 3.48. The van der Waals surface area contributed by atoms with Crippen LogP contribution in [0, 0.1) is 5.82 Å². The SMILES string of the molecule is CC(C)(O)c1cccc(C(F)(F)F)c1F. The van der Waals surface area contributed by atoms with Gasteiger partial charge in [0, 0.05) is 5.56 Å². The van der Waals surface area contributed by atoms with Gasteiger partial charge in [-0.15, -0.1) is 0 Å². The quantitative estimate of drug-likeness (QED) is 0.724. The Morgan fingerprint density at radius 2 is 1.53 bits per heavy atom. The van der Waals surface area contributed by atoms with Crippen LogP contribution >= 0.6 is 0 Å². The molecule has 0 atom stereocenters. The molecule has 1 N–H and O–H groups in total. The normalized spacial score (nSPS) is 13.0. The second-order valence-electron chi connectivity index (χ2n) is 3.72. The maximum absolute atomic E-state index is 13.4. The molecule has 0 aliphatic heterocycles. The fourth-order valence-corrected chi connectivity index (χ4v) is 1.22. The molecule has 0 aromatic heterocycles. The van der Waals surface area contributed by atoms with Gasteiger partial charge in [-0.2, -0.15) is 13.2 Å². The first-order chi connectivity index (χ1) is 6.64. The van der Waals surface area contributed by atoms with Crippen molar-refractivity contribution >= 4 is 0 Å². The molecule has 0 fully saturated rings. The molecular formula is C10H10F4O. The van der Waals surface area contributed by atoms with Gasteiger partial charge in [-0.3, -0.25) is 0 Å². The zero-order chi connectivity index (χ0) is 11.9. The molecule has 1 nitrogen and oxygen atoms in total. The van der Waals surface area contributed by atoms with E-state index in [2.05, 4.69) is 0 Å². The molecule has 0 saturated heterocycles. The molecule has 0 saturated carbocycles. The van der Waals surface area contributed by atoms with Gasteiger partial charge in [-0.25, -0.2) is 4.39 Å². The average Bonchev–Trinajstić information content (AvgIpc) is 1.99. The third kappa shape index (κ3) is 2.47. The molecule has 84 valence electrons. The van der Waals surface area contributed by atoms with Crippen LogP contribution in [0.5, 0.6) is 0 Å². The summed E-state index contributed by atoms with van der Waals surface area (Å²) < 4.78 is 50.3. The lowest BCUT2D eigenvalue weighted by molar-refractivity contribution is -0.140. The molecule has 1 aromatic rings. The van der Waals surface area contributed by atoms with E-state index in [-0.39, 0.29) is 5.56 Å². The third-order valence-corrected chi connectivity index (χ3v) is 1.96. The lowest BCUT2D eigenvalue weighted by Crippen LogP contribution is -2.20. The summed E-state index contributed by atoms with van der Waals surface area (Å²) in [5.74, 6) is -1.42. The lowest BCUT2D eigenvalue weighted by Gasteiger charge is -2.20. The molecule has 0 aliphatic carbocycles. The maximum atomic E-state index is 13.4. The van der Waals surface area contributed by atoms with E-state index in [9.17, 15) is 22.7 Å².